The second kappa shape index (κ2) is 6.68. The van der Waals surface area contributed by atoms with E-state index in [-0.39, 0.29) is 16.9 Å². The molecule has 3 rings (SSSR count). The molecule has 0 bridgehead atoms. The summed E-state index contributed by atoms with van der Waals surface area (Å²) in [7, 11) is 0. The van der Waals surface area contributed by atoms with E-state index >= 15 is 0 Å². The molecule has 8 heteroatoms. The third kappa shape index (κ3) is 3.23. The number of carboxylic acids is 2. The highest BCUT2D eigenvalue weighted by Crippen LogP contribution is 2.31. The highest BCUT2D eigenvalue weighted by atomic mass is 16.4. The van der Waals surface area contributed by atoms with Gasteiger partial charge in [0.25, 0.3) is 5.56 Å². The van der Waals surface area contributed by atoms with Crippen LogP contribution in [0.3, 0.4) is 0 Å². The predicted octanol–water partition coefficient (Wildman–Crippen LogP) is 2.39. The SMILES string of the molecule is Nc1[nH]c(=O)c(C(=O)O)c(-c2ccc(-c3cccc(O)c3)cc2)c1C(=O)O. The van der Waals surface area contributed by atoms with Crippen molar-refractivity contribution in [2.45, 2.75) is 0 Å². The molecule has 0 spiro atoms. The number of phenolic OH excluding ortho intramolecular Hbond substituents is 1. The minimum absolute atomic E-state index is 0.0836. The maximum absolute atomic E-state index is 12.0. The van der Waals surface area contributed by atoms with Gasteiger partial charge in [-0.15, -0.1) is 0 Å². The number of aromatic amines is 1. The van der Waals surface area contributed by atoms with Crippen molar-refractivity contribution in [3.8, 4) is 28.0 Å². The summed E-state index contributed by atoms with van der Waals surface area (Å²) in [5, 5.41) is 28.4. The Morgan fingerprint density at radius 3 is 2.00 bits per heavy atom. The van der Waals surface area contributed by atoms with Crippen molar-refractivity contribution in [3.05, 3.63) is 70.0 Å². The summed E-state index contributed by atoms with van der Waals surface area (Å²) in [4.78, 5) is 37.2. The van der Waals surface area contributed by atoms with Gasteiger partial charge < -0.3 is 26.0 Å². The molecular weight excluding hydrogens is 352 g/mol. The quantitative estimate of drug-likeness (QED) is 0.475. The second-order valence-corrected chi connectivity index (χ2v) is 5.73. The van der Waals surface area contributed by atoms with Gasteiger partial charge in [0.2, 0.25) is 0 Å². The van der Waals surface area contributed by atoms with Crippen LogP contribution in [0, 0.1) is 0 Å². The number of aromatic nitrogens is 1. The van der Waals surface area contributed by atoms with Gasteiger partial charge in [0.05, 0.1) is 0 Å². The zero-order chi connectivity index (χ0) is 19.7. The van der Waals surface area contributed by atoms with Crippen LogP contribution in [-0.4, -0.2) is 32.2 Å². The maximum Gasteiger partial charge on any atom is 0.342 e. The molecule has 0 saturated carbocycles. The lowest BCUT2D eigenvalue weighted by atomic mass is 9.94. The van der Waals surface area contributed by atoms with Gasteiger partial charge >= 0.3 is 11.9 Å². The van der Waals surface area contributed by atoms with Crippen molar-refractivity contribution in [2.75, 3.05) is 5.73 Å². The van der Waals surface area contributed by atoms with Crippen LogP contribution in [0.2, 0.25) is 0 Å². The Balaban J connectivity index is 2.23. The fourth-order valence-corrected chi connectivity index (χ4v) is 2.85. The summed E-state index contributed by atoms with van der Waals surface area (Å²) in [5.74, 6) is -3.37. The molecule has 1 aromatic heterocycles. The molecule has 0 aliphatic carbocycles. The number of pyridine rings is 1. The van der Waals surface area contributed by atoms with Crippen LogP contribution in [0.4, 0.5) is 5.82 Å². The Morgan fingerprint density at radius 2 is 1.44 bits per heavy atom. The van der Waals surface area contributed by atoms with Crippen LogP contribution < -0.4 is 11.3 Å². The monoisotopic (exact) mass is 366 g/mol. The zero-order valence-electron chi connectivity index (χ0n) is 13.8. The number of anilines is 1. The largest absolute Gasteiger partial charge is 0.508 e. The topological polar surface area (TPSA) is 154 Å². The van der Waals surface area contributed by atoms with Gasteiger partial charge in [0.15, 0.2) is 0 Å². The Labute approximate surface area is 152 Å². The van der Waals surface area contributed by atoms with Crippen LogP contribution in [0.25, 0.3) is 22.3 Å². The van der Waals surface area contributed by atoms with E-state index in [0.29, 0.717) is 11.1 Å². The average Bonchev–Trinajstić information content (AvgIpc) is 2.60. The number of carbonyl (C=O) groups is 2. The average molecular weight is 366 g/mol. The van der Waals surface area contributed by atoms with Crippen molar-refractivity contribution in [1.82, 2.24) is 4.98 Å². The van der Waals surface area contributed by atoms with E-state index in [1.54, 1.807) is 30.3 Å². The highest BCUT2D eigenvalue weighted by Gasteiger charge is 2.26. The number of hydrogen-bond acceptors (Lipinski definition) is 5. The summed E-state index contributed by atoms with van der Waals surface area (Å²) < 4.78 is 0. The van der Waals surface area contributed by atoms with Gasteiger partial charge in [-0.1, -0.05) is 36.4 Å². The van der Waals surface area contributed by atoms with Gasteiger partial charge in [-0.3, -0.25) is 4.79 Å². The molecule has 3 aromatic rings. The first kappa shape index (κ1) is 17.7. The minimum Gasteiger partial charge on any atom is -0.508 e. The van der Waals surface area contributed by atoms with Gasteiger partial charge in [0.1, 0.15) is 22.7 Å². The van der Waals surface area contributed by atoms with E-state index in [1.165, 1.54) is 18.2 Å². The second-order valence-electron chi connectivity index (χ2n) is 5.73. The molecule has 2 aromatic carbocycles. The number of aromatic hydroxyl groups is 1. The van der Waals surface area contributed by atoms with E-state index in [9.17, 15) is 29.7 Å². The molecule has 0 aliphatic rings. The molecule has 1 heterocycles. The van der Waals surface area contributed by atoms with Crippen LogP contribution in [0.15, 0.2) is 53.3 Å². The van der Waals surface area contributed by atoms with Crippen molar-refractivity contribution in [3.63, 3.8) is 0 Å². The Hall–Kier alpha value is -4.07. The number of phenols is 1. The summed E-state index contributed by atoms with van der Waals surface area (Å²) in [6.45, 7) is 0. The van der Waals surface area contributed by atoms with E-state index < -0.39 is 34.4 Å². The van der Waals surface area contributed by atoms with E-state index in [4.69, 9.17) is 5.73 Å². The van der Waals surface area contributed by atoms with E-state index in [2.05, 4.69) is 4.98 Å². The number of nitrogens with two attached hydrogens (primary N) is 1. The smallest absolute Gasteiger partial charge is 0.342 e. The van der Waals surface area contributed by atoms with Crippen molar-refractivity contribution in [1.29, 1.82) is 0 Å². The van der Waals surface area contributed by atoms with Crippen LogP contribution >= 0.6 is 0 Å². The van der Waals surface area contributed by atoms with E-state index in [0.717, 1.165) is 0 Å². The molecule has 136 valence electrons. The molecule has 0 fully saturated rings. The van der Waals surface area contributed by atoms with Crippen molar-refractivity contribution in [2.24, 2.45) is 0 Å². The standard InChI is InChI=1S/C19H14N2O6/c20-16-14(18(24)25)13(15(19(26)27)17(23)21-16)10-6-4-9(5-7-10)11-2-1-3-12(22)8-11/h1-8,22H,(H,24,25)(H,26,27)(H3,20,21,23). The molecule has 0 atom stereocenters. The molecule has 0 saturated heterocycles. The number of H-pyrrole nitrogens is 1. The first-order valence-corrected chi connectivity index (χ1v) is 7.71. The minimum atomic E-state index is -1.56. The number of rotatable bonds is 4. The molecule has 6 N–H and O–H groups in total. The third-order valence-electron chi connectivity index (χ3n) is 4.03. The zero-order valence-corrected chi connectivity index (χ0v) is 13.8. The first-order valence-electron chi connectivity index (χ1n) is 7.71. The molecule has 0 unspecified atom stereocenters. The lowest BCUT2D eigenvalue weighted by Crippen LogP contribution is -2.24. The number of benzene rings is 2. The lowest BCUT2D eigenvalue weighted by molar-refractivity contribution is 0.0695. The third-order valence-corrected chi connectivity index (χ3v) is 4.03. The lowest BCUT2D eigenvalue weighted by Gasteiger charge is -2.12. The Bertz CT molecular complexity index is 1120. The van der Waals surface area contributed by atoms with Crippen LogP contribution in [-0.2, 0) is 0 Å². The van der Waals surface area contributed by atoms with Crippen LogP contribution in [0.1, 0.15) is 20.7 Å². The Morgan fingerprint density at radius 1 is 0.852 bits per heavy atom. The molecule has 8 nitrogen and oxygen atoms in total. The molecule has 0 amide bonds. The first-order chi connectivity index (χ1) is 12.8. The van der Waals surface area contributed by atoms with E-state index in [1.807, 2.05) is 0 Å². The predicted molar refractivity (Wildman–Crippen MR) is 97.9 cm³/mol. The summed E-state index contributed by atoms with van der Waals surface area (Å²) in [5.41, 5.74) is 4.80. The highest BCUT2D eigenvalue weighted by molar-refractivity contribution is 6.07. The number of carboxylic acid groups (broad SMARTS) is 2. The van der Waals surface area contributed by atoms with Gasteiger partial charge in [0, 0.05) is 5.56 Å². The van der Waals surface area contributed by atoms with Gasteiger partial charge in [-0.25, -0.2) is 9.59 Å². The maximum atomic E-state index is 12.0. The van der Waals surface area contributed by atoms with Crippen molar-refractivity contribution < 1.29 is 24.9 Å². The summed E-state index contributed by atoms with van der Waals surface area (Å²) in [6.07, 6.45) is 0. The normalized spacial score (nSPS) is 10.5. The van der Waals surface area contributed by atoms with Crippen LogP contribution in [0.5, 0.6) is 5.75 Å². The molecular formula is C19H14N2O6. The Kier molecular flexibility index (Phi) is 4.39. The number of aromatic carboxylic acids is 2. The summed E-state index contributed by atoms with van der Waals surface area (Å²) >= 11 is 0. The molecule has 0 aliphatic heterocycles. The number of nitrogen functional groups attached to an aromatic ring is 1. The number of hydrogen-bond donors (Lipinski definition) is 5. The number of nitrogens with one attached hydrogen (secondary N) is 1. The molecule has 0 radical (unpaired) electrons. The fraction of sp³-hybridized carbons (Fsp3) is 0. The molecule has 27 heavy (non-hydrogen) atoms. The van der Waals surface area contributed by atoms with Gasteiger partial charge in [-0.05, 0) is 28.8 Å². The van der Waals surface area contributed by atoms with Crippen molar-refractivity contribution >= 4 is 17.8 Å². The fourth-order valence-electron chi connectivity index (χ4n) is 2.85. The summed E-state index contributed by atoms with van der Waals surface area (Å²) in [6, 6.07) is 12.7. The van der Waals surface area contributed by atoms with Gasteiger partial charge in [-0.2, -0.15) is 0 Å².